The maximum absolute atomic E-state index is 12.6. The number of thiazole rings is 1. The number of nitrogens with zero attached hydrogens (tertiary/aromatic N) is 2. The predicted molar refractivity (Wildman–Crippen MR) is 83.5 cm³/mol. The van der Waals surface area contributed by atoms with Crippen molar-refractivity contribution in [1.29, 1.82) is 0 Å². The lowest BCUT2D eigenvalue weighted by Gasteiger charge is -2.20. The molecule has 4 rings (SSSR count). The second-order valence-electron chi connectivity index (χ2n) is 6.96. The summed E-state index contributed by atoms with van der Waals surface area (Å²) in [6.07, 6.45) is 7.06. The molecule has 2 saturated carbocycles. The summed E-state index contributed by atoms with van der Waals surface area (Å²) in [7, 11) is 0. The van der Waals surface area contributed by atoms with Crippen LogP contribution in [-0.2, 0) is 11.3 Å². The number of aromatic nitrogens is 1. The minimum atomic E-state index is -0.693. The Morgan fingerprint density at radius 2 is 2.05 bits per heavy atom. The van der Waals surface area contributed by atoms with Gasteiger partial charge in [-0.1, -0.05) is 12.8 Å². The third-order valence-corrected chi connectivity index (χ3v) is 6.35. The van der Waals surface area contributed by atoms with Gasteiger partial charge in [-0.3, -0.25) is 9.69 Å². The maximum Gasteiger partial charge on any atom is 0.325 e. The van der Waals surface area contributed by atoms with E-state index in [0.717, 1.165) is 18.5 Å². The van der Waals surface area contributed by atoms with Crippen LogP contribution in [-0.4, -0.2) is 27.4 Å². The van der Waals surface area contributed by atoms with Gasteiger partial charge in [0.1, 0.15) is 5.54 Å². The summed E-state index contributed by atoms with van der Waals surface area (Å²) in [5, 5.41) is 6.06. The van der Waals surface area contributed by atoms with Crippen LogP contribution in [0.5, 0.6) is 0 Å². The smallest absolute Gasteiger partial charge is 0.323 e. The molecule has 0 radical (unpaired) electrons. The summed E-state index contributed by atoms with van der Waals surface area (Å²) < 4.78 is 0. The Labute approximate surface area is 134 Å². The molecule has 1 unspecified atom stereocenters. The molecule has 2 heterocycles. The highest BCUT2D eigenvalue weighted by molar-refractivity contribution is 7.09. The fourth-order valence-electron chi connectivity index (χ4n) is 3.71. The van der Waals surface area contributed by atoms with Crippen LogP contribution in [0, 0.1) is 5.92 Å². The monoisotopic (exact) mass is 319 g/mol. The molecule has 3 aliphatic rings. The van der Waals surface area contributed by atoms with Crippen LogP contribution in [0.2, 0.25) is 0 Å². The van der Waals surface area contributed by atoms with Crippen molar-refractivity contribution in [2.75, 3.05) is 0 Å². The minimum Gasteiger partial charge on any atom is -0.323 e. The quantitative estimate of drug-likeness (QED) is 0.868. The molecule has 3 amide bonds. The first-order valence-electron chi connectivity index (χ1n) is 8.16. The van der Waals surface area contributed by atoms with Gasteiger partial charge in [-0.05, 0) is 38.5 Å². The van der Waals surface area contributed by atoms with Gasteiger partial charge in [-0.25, -0.2) is 9.78 Å². The molecule has 1 aromatic heterocycles. The van der Waals surface area contributed by atoms with E-state index >= 15 is 0 Å². The third-order valence-electron chi connectivity index (χ3n) is 5.29. The Hall–Kier alpha value is -1.43. The zero-order valence-corrected chi connectivity index (χ0v) is 13.6. The zero-order chi connectivity index (χ0) is 15.3. The van der Waals surface area contributed by atoms with Gasteiger partial charge in [0.05, 0.1) is 17.2 Å². The molecule has 0 bridgehead atoms. The highest BCUT2D eigenvalue weighted by Gasteiger charge is 2.55. The summed E-state index contributed by atoms with van der Waals surface area (Å²) in [6, 6.07) is -0.269. The lowest BCUT2D eigenvalue weighted by atomic mass is 9.96. The van der Waals surface area contributed by atoms with Crippen molar-refractivity contribution in [2.24, 2.45) is 5.92 Å². The van der Waals surface area contributed by atoms with E-state index in [2.05, 4.69) is 10.3 Å². The van der Waals surface area contributed by atoms with E-state index in [4.69, 9.17) is 0 Å². The standard InChI is InChI=1S/C16H21N3O2S/c1-16(11-6-7-11)14(20)19(15(21)18-16)8-12-9-22-13(17-12)10-4-2-3-5-10/h9-11H,2-8H2,1H3,(H,18,21). The van der Waals surface area contributed by atoms with Crippen LogP contribution < -0.4 is 5.32 Å². The summed E-state index contributed by atoms with van der Waals surface area (Å²) >= 11 is 1.67. The summed E-state index contributed by atoms with van der Waals surface area (Å²) in [5.41, 5.74) is 0.150. The van der Waals surface area contributed by atoms with Gasteiger partial charge in [0.15, 0.2) is 0 Å². The number of carbonyl (C=O) groups excluding carboxylic acids is 2. The Morgan fingerprint density at radius 1 is 1.32 bits per heavy atom. The first kappa shape index (κ1) is 14.2. The minimum absolute atomic E-state index is 0.0876. The highest BCUT2D eigenvalue weighted by atomic mass is 32.1. The van der Waals surface area contributed by atoms with E-state index < -0.39 is 5.54 Å². The summed E-state index contributed by atoms with van der Waals surface area (Å²) in [6.45, 7) is 2.16. The van der Waals surface area contributed by atoms with Gasteiger partial charge in [0.2, 0.25) is 0 Å². The van der Waals surface area contributed by atoms with Crippen molar-refractivity contribution in [3.8, 4) is 0 Å². The van der Waals surface area contributed by atoms with Gasteiger partial charge >= 0.3 is 6.03 Å². The van der Waals surface area contributed by atoms with Gasteiger partial charge < -0.3 is 5.32 Å². The lowest BCUT2D eigenvalue weighted by molar-refractivity contribution is -0.131. The number of hydrogen-bond donors (Lipinski definition) is 1. The number of hydrogen-bond acceptors (Lipinski definition) is 4. The Bertz CT molecular complexity index is 619. The van der Waals surface area contributed by atoms with E-state index in [9.17, 15) is 9.59 Å². The maximum atomic E-state index is 12.6. The van der Waals surface area contributed by atoms with E-state index in [-0.39, 0.29) is 11.9 Å². The number of amides is 3. The second-order valence-corrected chi connectivity index (χ2v) is 7.85. The number of urea groups is 1. The van der Waals surface area contributed by atoms with Crippen molar-refractivity contribution in [3.05, 3.63) is 16.1 Å². The molecule has 3 fully saturated rings. The fourth-order valence-corrected chi connectivity index (χ4v) is 4.70. The van der Waals surface area contributed by atoms with E-state index in [0.29, 0.717) is 18.4 Å². The topological polar surface area (TPSA) is 62.3 Å². The van der Waals surface area contributed by atoms with Crippen molar-refractivity contribution in [3.63, 3.8) is 0 Å². The van der Waals surface area contributed by atoms with Crippen molar-refractivity contribution in [2.45, 2.75) is 63.5 Å². The predicted octanol–water partition coefficient (Wildman–Crippen LogP) is 3.02. The van der Waals surface area contributed by atoms with E-state index in [1.807, 2.05) is 12.3 Å². The average molecular weight is 319 g/mol. The Kier molecular flexibility index (Phi) is 3.25. The molecule has 0 aromatic carbocycles. The van der Waals surface area contributed by atoms with E-state index in [1.54, 1.807) is 11.3 Å². The van der Waals surface area contributed by atoms with Crippen LogP contribution in [0.4, 0.5) is 4.79 Å². The molecule has 1 atom stereocenters. The fraction of sp³-hybridized carbons (Fsp3) is 0.688. The largest absolute Gasteiger partial charge is 0.325 e. The van der Waals surface area contributed by atoms with Crippen molar-refractivity contribution < 1.29 is 9.59 Å². The number of nitrogens with one attached hydrogen (secondary N) is 1. The van der Waals surface area contributed by atoms with Crippen LogP contribution in [0.1, 0.15) is 62.1 Å². The van der Waals surface area contributed by atoms with E-state index in [1.165, 1.54) is 35.6 Å². The first-order chi connectivity index (χ1) is 10.6. The van der Waals surface area contributed by atoms with Crippen LogP contribution >= 0.6 is 11.3 Å². The molecule has 1 N–H and O–H groups in total. The number of rotatable bonds is 4. The van der Waals surface area contributed by atoms with Crippen LogP contribution in [0.25, 0.3) is 0 Å². The van der Waals surface area contributed by atoms with Gasteiger partial charge in [-0.15, -0.1) is 11.3 Å². The molecular formula is C16H21N3O2S. The Morgan fingerprint density at radius 3 is 2.73 bits per heavy atom. The average Bonchev–Trinajstić information content (AvgIpc) is 2.95. The SMILES string of the molecule is CC1(C2CC2)NC(=O)N(Cc2csc(C3CCCC3)n2)C1=O. The molecule has 118 valence electrons. The summed E-state index contributed by atoms with van der Waals surface area (Å²) in [5.74, 6) is 0.799. The molecule has 1 saturated heterocycles. The molecule has 5 nitrogen and oxygen atoms in total. The van der Waals surface area contributed by atoms with Gasteiger partial charge in [-0.2, -0.15) is 0 Å². The lowest BCUT2D eigenvalue weighted by Crippen LogP contribution is -2.46. The molecule has 1 aliphatic heterocycles. The van der Waals surface area contributed by atoms with Crippen LogP contribution in [0.15, 0.2) is 5.38 Å². The highest BCUT2D eigenvalue weighted by Crippen LogP contribution is 2.43. The molecule has 2 aliphatic carbocycles. The third kappa shape index (κ3) is 2.24. The molecule has 6 heteroatoms. The molecular weight excluding hydrogens is 298 g/mol. The number of imide groups is 1. The van der Waals surface area contributed by atoms with Crippen molar-refractivity contribution >= 4 is 23.3 Å². The number of carbonyl (C=O) groups is 2. The second kappa shape index (κ2) is 5.05. The molecule has 1 aromatic rings. The van der Waals surface area contributed by atoms with Crippen molar-refractivity contribution in [1.82, 2.24) is 15.2 Å². The zero-order valence-electron chi connectivity index (χ0n) is 12.8. The summed E-state index contributed by atoms with van der Waals surface area (Å²) in [4.78, 5) is 30.8. The van der Waals surface area contributed by atoms with Gasteiger partial charge in [0, 0.05) is 11.3 Å². The first-order valence-corrected chi connectivity index (χ1v) is 9.04. The van der Waals surface area contributed by atoms with Crippen LogP contribution in [0.3, 0.4) is 0 Å². The normalized spacial score (nSPS) is 29.4. The van der Waals surface area contributed by atoms with Gasteiger partial charge in [0.25, 0.3) is 5.91 Å². The molecule has 0 spiro atoms. The molecule has 22 heavy (non-hydrogen) atoms. The Balaban J connectivity index is 1.49.